The molecule has 148 valence electrons. The standard InChI is InChI=1S/C22H15F3O4/c23-22(24,25)17-7-4-8-19(13-17)28-14-20(26)29-18-11-9-16(10-12-18)21(27)15-5-2-1-3-6-15/h1-13H,14H2. The Morgan fingerprint density at radius 1 is 0.759 bits per heavy atom. The zero-order valence-electron chi connectivity index (χ0n) is 15.0. The summed E-state index contributed by atoms with van der Waals surface area (Å²) in [6.07, 6.45) is -4.50. The maximum absolute atomic E-state index is 12.7. The molecular weight excluding hydrogens is 385 g/mol. The zero-order chi connectivity index (χ0) is 20.9. The van der Waals surface area contributed by atoms with Gasteiger partial charge in [-0.05, 0) is 42.5 Å². The SMILES string of the molecule is O=C(COc1cccc(C(F)(F)F)c1)Oc1ccc(C(=O)c2ccccc2)cc1. The van der Waals surface area contributed by atoms with E-state index in [2.05, 4.69) is 0 Å². The molecular formula is C22H15F3O4. The van der Waals surface area contributed by atoms with E-state index >= 15 is 0 Å². The van der Waals surface area contributed by atoms with Gasteiger partial charge in [-0.15, -0.1) is 0 Å². The third kappa shape index (κ3) is 5.44. The minimum atomic E-state index is -4.50. The van der Waals surface area contributed by atoms with Gasteiger partial charge in [0.05, 0.1) is 5.56 Å². The minimum absolute atomic E-state index is 0.0967. The Hall–Kier alpha value is -3.61. The molecule has 0 saturated carbocycles. The largest absolute Gasteiger partial charge is 0.482 e. The predicted octanol–water partition coefficient (Wildman–Crippen LogP) is 4.92. The van der Waals surface area contributed by atoms with Crippen LogP contribution in [0.25, 0.3) is 0 Å². The first kappa shape index (κ1) is 20.1. The molecule has 0 unspecified atom stereocenters. The lowest BCUT2D eigenvalue weighted by Gasteiger charge is -2.10. The highest BCUT2D eigenvalue weighted by molar-refractivity contribution is 6.09. The molecule has 0 radical (unpaired) electrons. The van der Waals surface area contributed by atoms with Crippen molar-refractivity contribution in [2.45, 2.75) is 6.18 Å². The van der Waals surface area contributed by atoms with Crippen LogP contribution in [0.15, 0.2) is 78.9 Å². The Kier molecular flexibility index (Phi) is 5.97. The second kappa shape index (κ2) is 8.60. The van der Waals surface area contributed by atoms with E-state index in [4.69, 9.17) is 9.47 Å². The van der Waals surface area contributed by atoms with E-state index in [1.54, 1.807) is 30.3 Å². The molecule has 0 aliphatic rings. The number of benzene rings is 3. The first-order chi connectivity index (χ1) is 13.8. The summed E-state index contributed by atoms with van der Waals surface area (Å²) >= 11 is 0. The second-order valence-electron chi connectivity index (χ2n) is 6.01. The number of rotatable bonds is 6. The highest BCUT2D eigenvalue weighted by Crippen LogP contribution is 2.31. The lowest BCUT2D eigenvalue weighted by atomic mass is 10.0. The monoisotopic (exact) mass is 400 g/mol. The van der Waals surface area contributed by atoms with Crippen molar-refractivity contribution in [1.29, 1.82) is 0 Å². The minimum Gasteiger partial charge on any atom is -0.482 e. The number of halogens is 3. The Bertz CT molecular complexity index is 997. The molecule has 29 heavy (non-hydrogen) atoms. The van der Waals surface area contributed by atoms with E-state index in [9.17, 15) is 22.8 Å². The summed E-state index contributed by atoms with van der Waals surface area (Å²) in [5.41, 5.74) is 0.0879. The summed E-state index contributed by atoms with van der Waals surface area (Å²) in [5, 5.41) is 0. The van der Waals surface area contributed by atoms with E-state index in [1.807, 2.05) is 0 Å². The predicted molar refractivity (Wildman–Crippen MR) is 98.9 cm³/mol. The number of carbonyl (C=O) groups excluding carboxylic acids is 2. The van der Waals surface area contributed by atoms with Crippen molar-refractivity contribution in [3.63, 3.8) is 0 Å². The molecule has 0 N–H and O–H groups in total. The highest BCUT2D eigenvalue weighted by atomic mass is 19.4. The molecule has 0 saturated heterocycles. The maximum Gasteiger partial charge on any atom is 0.416 e. The molecule has 0 fully saturated rings. The molecule has 0 amide bonds. The van der Waals surface area contributed by atoms with Gasteiger partial charge in [-0.1, -0.05) is 36.4 Å². The van der Waals surface area contributed by atoms with Crippen LogP contribution in [0.5, 0.6) is 11.5 Å². The van der Waals surface area contributed by atoms with Crippen molar-refractivity contribution in [3.05, 3.63) is 95.6 Å². The smallest absolute Gasteiger partial charge is 0.416 e. The number of hydrogen-bond donors (Lipinski definition) is 0. The van der Waals surface area contributed by atoms with Gasteiger partial charge in [-0.3, -0.25) is 4.79 Å². The van der Waals surface area contributed by atoms with Crippen LogP contribution in [0.1, 0.15) is 21.5 Å². The van der Waals surface area contributed by atoms with E-state index < -0.39 is 24.3 Å². The molecule has 3 aromatic rings. The van der Waals surface area contributed by atoms with Crippen LogP contribution in [0, 0.1) is 0 Å². The Labute approximate surface area is 164 Å². The van der Waals surface area contributed by atoms with Crippen molar-refractivity contribution >= 4 is 11.8 Å². The van der Waals surface area contributed by atoms with Gasteiger partial charge in [0.15, 0.2) is 12.4 Å². The third-order valence-electron chi connectivity index (χ3n) is 3.90. The zero-order valence-corrected chi connectivity index (χ0v) is 15.0. The average Bonchev–Trinajstić information content (AvgIpc) is 2.72. The van der Waals surface area contributed by atoms with Gasteiger partial charge >= 0.3 is 12.1 Å². The summed E-state index contributed by atoms with van der Waals surface area (Å²) in [7, 11) is 0. The normalized spacial score (nSPS) is 11.0. The third-order valence-corrected chi connectivity index (χ3v) is 3.90. The van der Waals surface area contributed by atoms with Crippen molar-refractivity contribution < 1.29 is 32.2 Å². The molecule has 3 rings (SSSR count). The molecule has 0 spiro atoms. The van der Waals surface area contributed by atoms with Crippen molar-refractivity contribution in [2.24, 2.45) is 0 Å². The number of ketones is 1. The number of carbonyl (C=O) groups is 2. The lowest BCUT2D eigenvalue weighted by molar-refractivity contribution is -0.137. The summed E-state index contributed by atoms with van der Waals surface area (Å²) in [4.78, 5) is 24.2. The number of hydrogen-bond acceptors (Lipinski definition) is 4. The molecule has 4 nitrogen and oxygen atoms in total. The molecule has 0 bridgehead atoms. The van der Waals surface area contributed by atoms with Crippen LogP contribution in [-0.4, -0.2) is 18.4 Å². The fraction of sp³-hybridized carbons (Fsp3) is 0.0909. The maximum atomic E-state index is 12.7. The van der Waals surface area contributed by atoms with Gasteiger partial charge in [0.2, 0.25) is 0 Å². The number of ether oxygens (including phenoxy) is 2. The van der Waals surface area contributed by atoms with Gasteiger partial charge < -0.3 is 9.47 Å². The van der Waals surface area contributed by atoms with E-state index in [1.165, 1.54) is 36.4 Å². The Morgan fingerprint density at radius 2 is 1.41 bits per heavy atom. The van der Waals surface area contributed by atoms with Gasteiger partial charge in [-0.2, -0.15) is 13.2 Å². The fourth-order valence-electron chi connectivity index (χ4n) is 2.50. The van der Waals surface area contributed by atoms with Crippen molar-refractivity contribution in [1.82, 2.24) is 0 Å². The van der Waals surface area contributed by atoms with Crippen LogP contribution < -0.4 is 9.47 Å². The first-order valence-electron chi connectivity index (χ1n) is 8.53. The average molecular weight is 400 g/mol. The topological polar surface area (TPSA) is 52.6 Å². The van der Waals surface area contributed by atoms with Crippen LogP contribution >= 0.6 is 0 Å². The van der Waals surface area contributed by atoms with Gasteiger partial charge in [-0.25, -0.2) is 4.79 Å². The summed E-state index contributed by atoms with van der Waals surface area (Å²) in [6.45, 7) is -0.563. The van der Waals surface area contributed by atoms with E-state index in [0.717, 1.165) is 12.1 Å². The summed E-state index contributed by atoms with van der Waals surface area (Å²) in [6, 6.07) is 18.9. The summed E-state index contributed by atoms with van der Waals surface area (Å²) in [5.74, 6) is -0.867. The molecule has 3 aromatic carbocycles. The van der Waals surface area contributed by atoms with Crippen LogP contribution in [0.3, 0.4) is 0 Å². The van der Waals surface area contributed by atoms with E-state index in [0.29, 0.717) is 11.1 Å². The number of alkyl halides is 3. The molecule has 7 heteroatoms. The van der Waals surface area contributed by atoms with Crippen LogP contribution in [0.4, 0.5) is 13.2 Å². The molecule has 0 aromatic heterocycles. The first-order valence-corrected chi connectivity index (χ1v) is 8.53. The molecule has 0 aliphatic heterocycles. The van der Waals surface area contributed by atoms with Crippen molar-refractivity contribution in [3.8, 4) is 11.5 Å². The van der Waals surface area contributed by atoms with Gasteiger partial charge in [0.25, 0.3) is 0 Å². The van der Waals surface area contributed by atoms with E-state index in [-0.39, 0.29) is 17.3 Å². The Balaban J connectivity index is 1.57. The molecule has 0 aliphatic carbocycles. The Morgan fingerprint density at radius 3 is 2.07 bits per heavy atom. The summed E-state index contributed by atoms with van der Waals surface area (Å²) < 4.78 is 48.2. The lowest BCUT2D eigenvalue weighted by Crippen LogP contribution is -2.18. The van der Waals surface area contributed by atoms with Gasteiger partial charge in [0.1, 0.15) is 11.5 Å². The van der Waals surface area contributed by atoms with Crippen molar-refractivity contribution in [2.75, 3.05) is 6.61 Å². The van der Waals surface area contributed by atoms with Gasteiger partial charge in [0, 0.05) is 11.1 Å². The van der Waals surface area contributed by atoms with Crippen LogP contribution in [-0.2, 0) is 11.0 Å². The second-order valence-corrected chi connectivity index (χ2v) is 6.01. The fourth-order valence-corrected chi connectivity index (χ4v) is 2.50. The molecule has 0 atom stereocenters. The van der Waals surface area contributed by atoms with Crippen LogP contribution in [0.2, 0.25) is 0 Å². The quantitative estimate of drug-likeness (QED) is 0.335. The molecule has 0 heterocycles. The number of esters is 1. The highest BCUT2D eigenvalue weighted by Gasteiger charge is 2.30.